The van der Waals surface area contributed by atoms with Crippen LogP contribution in [-0.4, -0.2) is 51.8 Å². The molecule has 0 spiro atoms. The Kier molecular flexibility index (Phi) is 7.95. The van der Waals surface area contributed by atoms with Crippen LogP contribution in [-0.2, 0) is 14.3 Å². The van der Waals surface area contributed by atoms with E-state index in [1.807, 2.05) is 13.1 Å². The van der Waals surface area contributed by atoms with Crippen LogP contribution in [0.3, 0.4) is 0 Å². The van der Waals surface area contributed by atoms with Gasteiger partial charge < -0.3 is 14.4 Å². The van der Waals surface area contributed by atoms with Gasteiger partial charge in [0.2, 0.25) is 0 Å². The number of methoxy groups -OCH3 is 2. The molecular formula is C11H21NO3. The van der Waals surface area contributed by atoms with Gasteiger partial charge in [-0.25, -0.2) is 4.79 Å². The average Bonchev–Trinajstić information content (AvgIpc) is 2.25. The van der Waals surface area contributed by atoms with Gasteiger partial charge in [0, 0.05) is 32.4 Å². The predicted molar refractivity (Wildman–Crippen MR) is 59.8 cm³/mol. The summed E-state index contributed by atoms with van der Waals surface area (Å²) in [6.45, 7) is 4.24. The van der Waals surface area contributed by atoms with Crippen LogP contribution in [0.1, 0.15) is 13.3 Å². The van der Waals surface area contributed by atoms with Crippen LogP contribution in [0.25, 0.3) is 0 Å². The lowest BCUT2D eigenvalue weighted by Crippen LogP contribution is -2.21. The van der Waals surface area contributed by atoms with E-state index in [0.29, 0.717) is 5.57 Å². The van der Waals surface area contributed by atoms with Gasteiger partial charge in [0.05, 0.1) is 7.11 Å². The highest BCUT2D eigenvalue weighted by molar-refractivity contribution is 5.87. The fourth-order valence-electron chi connectivity index (χ4n) is 1.11. The second kappa shape index (κ2) is 8.44. The van der Waals surface area contributed by atoms with Crippen molar-refractivity contribution in [3.05, 3.63) is 11.6 Å². The van der Waals surface area contributed by atoms with Crippen molar-refractivity contribution in [2.24, 2.45) is 0 Å². The number of rotatable bonds is 7. The number of hydrogen-bond acceptors (Lipinski definition) is 4. The Morgan fingerprint density at radius 3 is 2.60 bits per heavy atom. The first kappa shape index (κ1) is 14.1. The molecular weight excluding hydrogens is 194 g/mol. The molecule has 0 fully saturated rings. The fourth-order valence-corrected chi connectivity index (χ4v) is 1.11. The third-order valence-electron chi connectivity index (χ3n) is 2.10. The second-order valence-electron chi connectivity index (χ2n) is 3.49. The molecule has 0 rings (SSSR count). The monoisotopic (exact) mass is 215 g/mol. The Bertz CT molecular complexity index is 214. The summed E-state index contributed by atoms with van der Waals surface area (Å²) < 4.78 is 9.55. The largest absolute Gasteiger partial charge is 0.466 e. The van der Waals surface area contributed by atoms with E-state index >= 15 is 0 Å². The van der Waals surface area contributed by atoms with E-state index in [1.165, 1.54) is 7.11 Å². The molecule has 0 atom stereocenters. The molecule has 4 nitrogen and oxygen atoms in total. The van der Waals surface area contributed by atoms with Crippen molar-refractivity contribution in [1.82, 2.24) is 4.90 Å². The number of nitrogens with zero attached hydrogens (tertiary/aromatic N) is 1. The third kappa shape index (κ3) is 7.11. The van der Waals surface area contributed by atoms with E-state index < -0.39 is 0 Å². The number of ether oxygens (including phenoxy) is 2. The summed E-state index contributed by atoms with van der Waals surface area (Å²) in [4.78, 5) is 13.2. The minimum Gasteiger partial charge on any atom is -0.466 e. The van der Waals surface area contributed by atoms with E-state index in [9.17, 15) is 4.79 Å². The van der Waals surface area contributed by atoms with Crippen LogP contribution >= 0.6 is 0 Å². The van der Waals surface area contributed by atoms with Gasteiger partial charge in [-0.3, -0.25) is 0 Å². The van der Waals surface area contributed by atoms with Crippen LogP contribution in [0.15, 0.2) is 11.6 Å². The topological polar surface area (TPSA) is 38.8 Å². The zero-order valence-electron chi connectivity index (χ0n) is 10.1. The van der Waals surface area contributed by atoms with Crippen molar-refractivity contribution >= 4 is 5.97 Å². The van der Waals surface area contributed by atoms with Crippen LogP contribution in [0.4, 0.5) is 0 Å². The number of hydrogen-bond donors (Lipinski definition) is 0. The van der Waals surface area contributed by atoms with Crippen molar-refractivity contribution in [2.75, 3.05) is 41.0 Å². The van der Waals surface area contributed by atoms with Crippen LogP contribution in [0.2, 0.25) is 0 Å². The predicted octanol–water partition coefficient (Wildman–Crippen LogP) is 1.07. The van der Waals surface area contributed by atoms with E-state index in [0.717, 1.165) is 26.1 Å². The zero-order chi connectivity index (χ0) is 11.7. The van der Waals surface area contributed by atoms with Crippen LogP contribution < -0.4 is 0 Å². The van der Waals surface area contributed by atoms with E-state index in [1.54, 1.807) is 14.0 Å². The van der Waals surface area contributed by atoms with Crippen molar-refractivity contribution < 1.29 is 14.3 Å². The molecule has 0 aliphatic rings. The summed E-state index contributed by atoms with van der Waals surface area (Å²) in [5, 5.41) is 0. The molecule has 0 bridgehead atoms. The van der Waals surface area contributed by atoms with Gasteiger partial charge in [0.15, 0.2) is 0 Å². The van der Waals surface area contributed by atoms with Crippen molar-refractivity contribution in [1.29, 1.82) is 0 Å². The lowest BCUT2D eigenvalue weighted by Gasteiger charge is -2.13. The van der Waals surface area contributed by atoms with Crippen molar-refractivity contribution in [3.63, 3.8) is 0 Å². The van der Waals surface area contributed by atoms with Gasteiger partial charge >= 0.3 is 5.97 Å². The Hall–Kier alpha value is -0.870. The molecule has 0 aliphatic carbocycles. The lowest BCUT2D eigenvalue weighted by atomic mass is 10.3. The first-order valence-electron chi connectivity index (χ1n) is 5.04. The summed E-state index contributed by atoms with van der Waals surface area (Å²) in [5.41, 5.74) is 0.649. The molecule has 0 aromatic rings. The molecule has 0 aromatic heterocycles. The minimum absolute atomic E-state index is 0.264. The smallest absolute Gasteiger partial charge is 0.333 e. The maximum atomic E-state index is 11.1. The van der Waals surface area contributed by atoms with Crippen molar-refractivity contribution in [3.8, 4) is 0 Å². The molecule has 0 saturated carbocycles. The Labute approximate surface area is 91.8 Å². The van der Waals surface area contributed by atoms with Crippen molar-refractivity contribution in [2.45, 2.75) is 13.3 Å². The number of likely N-dealkylation sites (N-methyl/N-ethyl adjacent to an activating group) is 1. The van der Waals surface area contributed by atoms with Gasteiger partial charge in [-0.1, -0.05) is 6.08 Å². The molecule has 0 unspecified atom stereocenters. The highest BCUT2D eigenvalue weighted by Crippen LogP contribution is 1.97. The molecule has 0 amide bonds. The molecule has 0 aliphatic heterocycles. The Morgan fingerprint density at radius 1 is 1.40 bits per heavy atom. The quantitative estimate of drug-likeness (QED) is 0.362. The molecule has 4 heteroatoms. The molecule has 0 aromatic carbocycles. The van der Waals surface area contributed by atoms with Gasteiger partial charge in [-0.15, -0.1) is 0 Å². The Morgan fingerprint density at radius 2 is 2.07 bits per heavy atom. The maximum Gasteiger partial charge on any atom is 0.333 e. The standard InChI is InChI=1S/C11H21NO3/c1-10(11(13)15-4)6-8-12(2)7-5-9-14-3/h6H,5,7-9H2,1-4H3. The summed E-state index contributed by atoms with van der Waals surface area (Å²) in [6.07, 6.45) is 2.87. The van der Waals surface area contributed by atoms with E-state index in [-0.39, 0.29) is 5.97 Å². The molecule has 15 heavy (non-hydrogen) atoms. The Balaban J connectivity index is 3.77. The highest BCUT2D eigenvalue weighted by Gasteiger charge is 2.02. The molecule has 88 valence electrons. The van der Waals surface area contributed by atoms with Crippen LogP contribution in [0, 0.1) is 0 Å². The maximum absolute atomic E-state index is 11.1. The van der Waals surface area contributed by atoms with Gasteiger partial charge in [0.1, 0.15) is 0 Å². The zero-order valence-corrected chi connectivity index (χ0v) is 10.1. The molecule has 0 saturated heterocycles. The number of carbonyl (C=O) groups excluding carboxylic acids is 1. The van der Waals surface area contributed by atoms with E-state index in [4.69, 9.17) is 4.74 Å². The van der Waals surface area contributed by atoms with Gasteiger partial charge in [-0.05, 0) is 20.4 Å². The summed E-state index contributed by atoms with van der Waals surface area (Å²) in [6, 6.07) is 0. The van der Waals surface area contributed by atoms with Gasteiger partial charge in [0.25, 0.3) is 0 Å². The normalized spacial score (nSPS) is 11.9. The summed E-state index contributed by atoms with van der Waals surface area (Å²) in [7, 11) is 5.10. The fraction of sp³-hybridized carbons (Fsp3) is 0.727. The molecule has 0 N–H and O–H groups in total. The molecule has 0 heterocycles. The first-order chi connectivity index (χ1) is 7.11. The highest BCUT2D eigenvalue weighted by atomic mass is 16.5. The lowest BCUT2D eigenvalue weighted by molar-refractivity contribution is -0.136. The minimum atomic E-state index is -0.264. The third-order valence-corrected chi connectivity index (χ3v) is 2.10. The van der Waals surface area contributed by atoms with E-state index in [2.05, 4.69) is 9.64 Å². The molecule has 0 radical (unpaired) electrons. The number of esters is 1. The average molecular weight is 215 g/mol. The first-order valence-corrected chi connectivity index (χ1v) is 5.04. The summed E-state index contributed by atoms with van der Waals surface area (Å²) >= 11 is 0. The van der Waals surface area contributed by atoms with Crippen LogP contribution in [0.5, 0.6) is 0 Å². The van der Waals surface area contributed by atoms with Gasteiger partial charge in [-0.2, -0.15) is 0 Å². The summed E-state index contributed by atoms with van der Waals surface area (Å²) in [5.74, 6) is -0.264. The SMILES string of the molecule is COCCCN(C)CC=C(C)C(=O)OC. The second-order valence-corrected chi connectivity index (χ2v) is 3.49. The number of carbonyl (C=O) groups is 1.